The molecule has 4 heteroatoms. The Hall–Kier alpha value is -2.26. The van der Waals surface area contributed by atoms with Gasteiger partial charge in [-0.3, -0.25) is 4.79 Å². The van der Waals surface area contributed by atoms with Crippen molar-refractivity contribution in [1.82, 2.24) is 0 Å². The molecule has 0 radical (unpaired) electrons. The Morgan fingerprint density at radius 1 is 1.23 bits per heavy atom. The molecule has 3 rings (SSSR count). The van der Waals surface area contributed by atoms with Gasteiger partial charge in [0.2, 0.25) is 0 Å². The molecule has 2 aromatic rings. The Morgan fingerprint density at radius 3 is 2.82 bits per heavy atom. The number of carboxylic acid groups (broad SMARTS) is 1. The largest absolute Gasteiger partial charge is 0.488 e. The van der Waals surface area contributed by atoms with Crippen molar-refractivity contribution in [3.63, 3.8) is 0 Å². The van der Waals surface area contributed by atoms with Gasteiger partial charge in [0.05, 0.1) is 6.42 Å². The molecule has 0 fully saturated rings. The summed E-state index contributed by atoms with van der Waals surface area (Å²) in [6, 6.07) is 13.5. The maximum atomic E-state index is 10.9. The third-order valence-corrected chi connectivity index (χ3v) is 3.82. The fraction of sp³-hybridized carbons (Fsp3) is 0.167. The fourth-order valence-electron chi connectivity index (χ4n) is 2.70. The van der Waals surface area contributed by atoms with Gasteiger partial charge in [-0.15, -0.1) is 11.6 Å². The number of ether oxygens (including phenoxy) is 1. The lowest BCUT2D eigenvalue weighted by Crippen LogP contribution is -2.01. The molecule has 112 valence electrons. The molecule has 1 aliphatic heterocycles. The van der Waals surface area contributed by atoms with Crippen molar-refractivity contribution in [1.29, 1.82) is 0 Å². The number of carboxylic acids is 1. The van der Waals surface area contributed by atoms with Crippen LogP contribution in [-0.4, -0.2) is 17.0 Å². The van der Waals surface area contributed by atoms with E-state index in [1.807, 2.05) is 42.5 Å². The number of allylic oxidation sites excluding steroid dienone is 1. The smallest absolute Gasteiger partial charge is 0.307 e. The summed E-state index contributed by atoms with van der Waals surface area (Å²) in [5.74, 6) is 0.284. The monoisotopic (exact) mass is 314 g/mol. The zero-order chi connectivity index (χ0) is 15.5. The molecular weight excluding hydrogens is 300 g/mol. The van der Waals surface area contributed by atoms with Gasteiger partial charge in [0, 0.05) is 11.4 Å². The second-order valence-corrected chi connectivity index (χ2v) is 5.43. The molecule has 0 saturated carbocycles. The van der Waals surface area contributed by atoms with E-state index in [9.17, 15) is 4.79 Å². The minimum atomic E-state index is -0.849. The average molecular weight is 315 g/mol. The molecule has 1 aliphatic rings. The van der Waals surface area contributed by atoms with Gasteiger partial charge in [0.1, 0.15) is 12.4 Å². The summed E-state index contributed by atoms with van der Waals surface area (Å²) < 4.78 is 5.88. The van der Waals surface area contributed by atoms with E-state index >= 15 is 0 Å². The van der Waals surface area contributed by atoms with Crippen LogP contribution >= 0.6 is 11.6 Å². The summed E-state index contributed by atoms with van der Waals surface area (Å²) in [6.45, 7) is 0.487. The van der Waals surface area contributed by atoms with Crippen LogP contribution in [0.1, 0.15) is 22.3 Å². The van der Waals surface area contributed by atoms with Crippen LogP contribution in [0.4, 0.5) is 0 Å². The first kappa shape index (κ1) is 14.7. The molecule has 22 heavy (non-hydrogen) atoms. The maximum Gasteiger partial charge on any atom is 0.307 e. The van der Waals surface area contributed by atoms with E-state index in [4.69, 9.17) is 21.4 Å². The lowest BCUT2D eigenvalue weighted by atomic mass is 9.93. The van der Waals surface area contributed by atoms with Gasteiger partial charge >= 0.3 is 5.97 Å². The van der Waals surface area contributed by atoms with Gasteiger partial charge in [-0.2, -0.15) is 0 Å². The van der Waals surface area contributed by atoms with E-state index in [0.717, 1.165) is 33.6 Å². The molecular formula is C18H15ClO3. The van der Waals surface area contributed by atoms with Crippen molar-refractivity contribution >= 4 is 23.1 Å². The summed E-state index contributed by atoms with van der Waals surface area (Å²) in [6.07, 6.45) is 1.93. The first-order chi connectivity index (χ1) is 10.7. The van der Waals surface area contributed by atoms with Crippen molar-refractivity contribution in [3.8, 4) is 5.75 Å². The molecule has 0 atom stereocenters. The summed E-state index contributed by atoms with van der Waals surface area (Å²) in [5, 5.41) is 8.99. The van der Waals surface area contributed by atoms with E-state index in [1.54, 1.807) is 6.07 Å². The second-order valence-electron chi connectivity index (χ2n) is 5.12. The van der Waals surface area contributed by atoms with Crippen LogP contribution in [0.2, 0.25) is 0 Å². The Balaban J connectivity index is 2.16. The summed E-state index contributed by atoms with van der Waals surface area (Å²) in [7, 11) is 0. The van der Waals surface area contributed by atoms with Gasteiger partial charge in [-0.05, 0) is 34.4 Å². The molecule has 0 unspecified atom stereocenters. The molecule has 0 bridgehead atoms. The van der Waals surface area contributed by atoms with Crippen LogP contribution < -0.4 is 4.74 Å². The standard InChI is InChI=1S/C18H15ClO3/c19-8-7-15-14-4-2-1-3-13(14)11-22-17-6-5-12(9-16(15)17)10-18(20)21/h1-7,9H,8,10-11H2,(H,20,21)/b15-7+. The minimum Gasteiger partial charge on any atom is -0.488 e. The first-order valence-corrected chi connectivity index (χ1v) is 7.55. The van der Waals surface area contributed by atoms with E-state index in [0.29, 0.717) is 12.5 Å². The van der Waals surface area contributed by atoms with Crippen LogP contribution in [0, 0.1) is 0 Å². The molecule has 1 N–H and O–H groups in total. The number of hydrogen-bond donors (Lipinski definition) is 1. The highest BCUT2D eigenvalue weighted by molar-refractivity contribution is 6.19. The number of rotatable bonds is 3. The molecule has 3 nitrogen and oxygen atoms in total. The number of halogens is 1. The van der Waals surface area contributed by atoms with Gasteiger partial charge in [0.25, 0.3) is 0 Å². The van der Waals surface area contributed by atoms with Crippen molar-refractivity contribution in [2.45, 2.75) is 13.0 Å². The molecule has 0 saturated heterocycles. The Labute approximate surface area is 133 Å². The third-order valence-electron chi connectivity index (χ3n) is 3.66. The van der Waals surface area contributed by atoms with E-state index in [-0.39, 0.29) is 6.42 Å². The summed E-state index contributed by atoms with van der Waals surface area (Å²) >= 11 is 5.93. The number of benzene rings is 2. The Morgan fingerprint density at radius 2 is 2.05 bits per heavy atom. The van der Waals surface area contributed by atoms with Crippen molar-refractivity contribution in [3.05, 3.63) is 70.8 Å². The minimum absolute atomic E-state index is 0.0108. The molecule has 1 heterocycles. The molecule has 0 amide bonds. The maximum absolute atomic E-state index is 10.9. The van der Waals surface area contributed by atoms with E-state index in [1.165, 1.54) is 0 Å². The number of alkyl halides is 1. The Kier molecular flexibility index (Phi) is 4.16. The quantitative estimate of drug-likeness (QED) is 0.875. The molecule has 0 aromatic heterocycles. The zero-order valence-electron chi connectivity index (χ0n) is 11.9. The topological polar surface area (TPSA) is 46.5 Å². The second kappa shape index (κ2) is 6.24. The number of carbonyl (C=O) groups is 1. The van der Waals surface area contributed by atoms with Gasteiger partial charge < -0.3 is 9.84 Å². The zero-order valence-corrected chi connectivity index (χ0v) is 12.6. The highest BCUT2D eigenvalue weighted by Crippen LogP contribution is 2.37. The lowest BCUT2D eigenvalue weighted by Gasteiger charge is -2.11. The van der Waals surface area contributed by atoms with Gasteiger partial charge in [0.15, 0.2) is 0 Å². The molecule has 2 aromatic carbocycles. The van der Waals surface area contributed by atoms with Crippen LogP contribution in [0.25, 0.3) is 5.57 Å². The highest BCUT2D eigenvalue weighted by atomic mass is 35.5. The predicted molar refractivity (Wildman–Crippen MR) is 86.4 cm³/mol. The van der Waals surface area contributed by atoms with Crippen LogP contribution in [-0.2, 0) is 17.8 Å². The van der Waals surface area contributed by atoms with E-state index < -0.39 is 5.97 Å². The average Bonchev–Trinajstić information content (AvgIpc) is 2.65. The SMILES string of the molecule is O=C(O)Cc1ccc2c(c1)/C(=C/CCl)c1ccccc1CO2. The van der Waals surface area contributed by atoms with Gasteiger partial charge in [-0.1, -0.05) is 36.4 Å². The molecule has 0 spiro atoms. The highest BCUT2D eigenvalue weighted by Gasteiger charge is 2.19. The lowest BCUT2D eigenvalue weighted by molar-refractivity contribution is -0.136. The van der Waals surface area contributed by atoms with Crippen LogP contribution in [0.5, 0.6) is 5.75 Å². The number of fused-ring (bicyclic) bond motifs is 2. The van der Waals surface area contributed by atoms with Crippen molar-refractivity contribution in [2.75, 3.05) is 5.88 Å². The van der Waals surface area contributed by atoms with Crippen molar-refractivity contribution in [2.24, 2.45) is 0 Å². The molecule has 0 aliphatic carbocycles. The Bertz CT molecular complexity index is 750. The third kappa shape index (κ3) is 2.85. The van der Waals surface area contributed by atoms with E-state index in [2.05, 4.69) is 0 Å². The summed E-state index contributed by atoms with van der Waals surface area (Å²) in [5.41, 5.74) is 4.80. The van der Waals surface area contributed by atoms with Crippen LogP contribution in [0.3, 0.4) is 0 Å². The normalized spacial score (nSPS) is 14.7. The number of hydrogen-bond acceptors (Lipinski definition) is 2. The first-order valence-electron chi connectivity index (χ1n) is 7.01. The van der Waals surface area contributed by atoms with Gasteiger partial charge in [-0.25, -0.2) is 0 Å². The van der Waals surface area contributed by atoms with Crippen LogP contribution in [0.15, 0.2) is 48.5 Å². The summed E-state index contributed by atoms with van der Waals surface area (Å²) in [4.78, 5) is 10.9. The number of aliphatic carboxylic acids is 1. The van der Waals surface area contributed by atoms with Crippen molar-refractivity contribution < 1.29 is 14.6 Å². The fourth-order valence-corrected chi connectivity index (χ4v) is 2.86. The predicted octanol–water partition coefficient (Wildman–Crippen LogP) is 3.88.